The van der Waals surface area contributed by atoms with Crippen LogP contribution in [0, 0.1) is 17.8 Å². The van der Waals surface area contributed by atoms with Crippen LogP contribution in [-0.2, 0) is 9.47 Å². The largest absolute Gasteiger partial charge is 0.344 e. The predicted molar refractivity (Wildman–Crippen MR) is 70.8 cm³/mol. The molecular weight excluding hydrogens is 300 g/mol. The number of hydrogen-bond donors (Lipinski definition) is 0. The first-order valence-corrected chi connectivity index (χ1v) is 8.35. The number of halogens is 4. The van der Waals surface area contributed by atoms with E-state index in [0.717, 1.165) is 32.1 Å². The first kappa shape index (κ1) is 15.2. The van der Waals surface area contributed by atoms with Crippen LogP contribution in [0.1, 0.15) is 51.9 Å². The molecule has 0 amide bonds. The molecule has 4 rings (SSSR count). The van der Waals surface area contributed by atoms with Gasteiger partial charge in [-0.3, -0.25) is 0 Å². The summed E-state index contributed by atoms with van der Waals surface area (Å²) in [6.45, 7) is 0.325. The molecule has 1 heterocycles. The van der Waals surface area contributed by atoms with E-state index < -0.39 is 35.6 Å². The number of rotatable bonds is 2. The number of alkyl halides is 4. The molecule has 3 saturated carbocycles. The van der Waals surface area contributed by atoms with Gasteiger partial charge in [0.25, 0.3) is 0 Å². The molecule has 1 saturated heterocycles. The molecule has 0 radical (unpaired) electrons. The van der Waals surface area contributed by atoms with E-state index in [2.05, 4.69) is 0 Å². The molecule has 6 heteroatoms. The van der Waals surface area contributed by atoms with Gasteiger partial charge < -0.3 is 9.47 Å². The van der Waals surface area contributed by atoms with Crippen molar-refractivity contribution in [3.63, 3.8) is 0 Å². The summed E-state index contributed by atoms with van der Waals surface area (Å²) in [5, 5.41) is 0. The molecule has 5 atom stereocenters. The van der Waals surface area contributed by atoms with Crippen molar-refractivity contribution >= 4 is 0 Å². The van der Waals surface area contributed by atoms with Crippen LogP contribution in [-0.4, -0.2) is 29.8 Å². The van der Waals surface area contributed by atoms with Gasteiger partial charge in [-0.1, -0.05) is 6.42 Å². The maximum Gasteiger partial charge on any atom is 0.313 e. The highest BCUT2D eigenvalue weighted by Crippen LogP contribution is 2.62. The van der Waals surface area contributed by atoms with Crippen molar-refractivity contribution in [2.45, 2.75) is 81.7 Å². The lowest BCUT2D eigenvalue weighted by molar-refractivity contribution is -0.243. The van der Waals surface area contributed by atoms with Gasteiger partial charge >= 0.3 is 11.8 Å². The van der Waals surface area contributed by atoms with Crippen LogP contribution in [0.15, 0.2) is 0 Å². The van der Waals surface area contributed by atoms with Crippen molar-refractivity contribution in [2.75, 3.05) is 0 Å². The fraction of sp³-hybridized carbons (Fsp3) is 1.00. The lowest BCUT2D eigenvalue weighted by Crippen LogP contribution is -2.50. The van der Waals surface area contributed by atoms with Crippen molar-refractivity contribution in [3.8, 4) is 0 Å². The van der Waals surface area contributed by atoms with Gasteiger partial charge in [-0.15, -0.1) is 0 Å². The number of fused-ring (bicyclic) bond motifs is 5. The Kier molecular flexibility index (Phi) is 3.17. The third kappa shape index (κ3) is 1.98. The van der Waals surface area contributed by atoms with E-state index in [9.17, 15) is 17.6 Å². The molecule has 0 N–H and O–H groups in total. The molecular formula is C16H22F4O2. The summed E-state index contributed by atoms with van der Waals surface area (Å²) in [5.41, 5.74) is 0. The van der Waals surface area contributed by atoms with Gasteiger partial charge in [0, 0.05) is 25.7 Å². The summed E-state index contributed by atoms with van der Waals surface area (Å²) in [5.74, 6) is -10.4. The monoisotopic (exact) mass is 322 g/mol. The normalized spacial score (nSPS) is 43.8. The predicted octanol–water partition coefficient (Wildman–Crippen LogP) is 4.38. The Morgan fingerprint density at radius 3 is 2.18 bits per heavy atom. The van der Waals surface area contributed by atoms with Gasteiger partial charge in [0.1, 0.15) is 0 Å². The van der Waals surface area contributed by atoms with Crippen LogP contribution in [0.25, 0.3) is 0 Å². The van der Waals surface area contributed by atoms with Crippen molar-refractivity contribution in [1.29, 1.82) is 0 Å². The lowest BCUT2D eigenvalue weighted by Gasteiger charge is -2.37. The summed E-state index contributed by atoms with van der Waals surface area (Å²) in [6, 6.07) is 0. The van der Waals surface area contributed by atoms with Crippen LogP contribution >= 0.6 is 0 Å². The van der Waals surface area contributed by atoms with E-state index in [1.165, 1.54) is 0 Å². The van der Waals surface area contributed by atoms with Gasteiger partial charge in [-0.25, -0.2) is 8.78 Å². The highest BCUT2D eigenvalue weighted by molar-refractivity contribution is 5.11. The summed E-state index contributed by atoms with van der Waals surface area (Å²) in [4.78, 5) is 0. The minimum absolute atomic E-state index is 0.0606. The smallest absolute Gasteiger partial charge is 0.313 e. The third-order valence-corrected chi connectivity index (χ3v) is 6.23. The zero-order chi connectivity index (χ0) is 15.8. The van der Waals surface area contributed by atoms with Crippen molar-refractivity contribution in [2.24, 2.45) is 17.8 Å². The Bertz CT molecular complexity index is 456. The van der Waals surface area contributed by atoms with Gasteiger partial charge in [0.2, 0.25) is 0 Å². The van der Waals surface area contributed by atoms with Crippen LogP contribution in [0.3, 0.4) is 0 Å². The molecule has 1 aliphatic heterocycles. The Labute approximate surface area is 127 Å². The molecule has 4 fully saturated rings. The minimum Gasteiger partial charge on any atom is -0.344 e. The second-order valence-electron chi connectivity index (χ2n) is 7.65. The van der Waals surface area contributed by atoms with Crippen LogP contribution < -0.4 is 0 Å². The average molecular weight is 322 g/mol. The van der Waals surface area contributed by atoms with Gasteiger partial charge in [0.15, 0.2) is 5.79 Å². The Hall–Kier alpha value is -0.360. The highest BCUT2D eigenvalue weighted by Gasteiger charge is 2.70. The van der Waals surface area contributed by atoms with Crippen molar-refractivity contribution < 1.29 is 27.0 Å². The van der Waals surface area contributed by atoms with Crippen molar-refractivity contribution in [3.05, 3.63) is 0 Å². The second-order valence-corrected chi connectivity index (χ2v) is 7.65. The summed E-state index contributed by atoms with van der Waals surface area (Å²) < 4.78 is 67.2. The third-order valence-electron chi connectivity index (χ3n) is 6.23. The van der Waals surface area contributed by atoms with E-state index in [0.29, 0.717) is 13.3 Å². The van der Waals surface area contributed by atoms with Crippen LogP contribution in [0.2, 0.25) is 0 Å². The molecule has 4 aliphatic rings. The maximum atomic E-state index is 14.1. The first-order valence-electron chi connectivity index (χ1n) is 8.35. The molecule has 0 aromatic heterocycles. The highest BCUT2D eigenvalue weighted by atomic mass is 19.3. The van der Waals surface area contributed by atoms with E-state index in [4.69, 9.17) is 9.47 Å². The topological polar surface area (TPSA) is 18.5 Å². The molecule has 126 valence electrons. The second kappa shape index (κ2) is 4.59. The molecule has 2 nitrogen and oxygen atoms in total. The first-order chi connectivity index (χ1) is 10.2. The van der Waals surface area contributed by atoms with Crippen LogP contribution in [0.4, 0.5) is 17.6 Å². The van der Waals surface area contributed by atoms with Gasteiger partial charge in [-0.05, 0) is 37.5 Å². The summed E-state index contributed by atoms with van der Waals surface area (Å²) in [6.07, 6.45) is 4.83. The molecule has 2 bridgehead atoms. The zero-order valence-corrected chi connectivity index (χ0v) is 12.7. The van der Waals surface area contributed by atoms with Gasteiger partial charge in [0.05, 0.1) is 12.2 Å². The van der Waals surface area contributed by atoms with Gasteiger partial charge in [-0.2, -0.15) is 8.78 Å². The van der Waals surface area contributed by atoms with E-state index in [-0.39, 0.29) is 18.4 Å². The zero-order valence-electron chi connectivity index (χ0n) is 12.7. The molecule has 3 aliphatic carbocycles. The Morgan fingerprint density at radius 1 is 0.909 bits per heavy atom. The maximum absolute atomic E-state index is 14.1. The quantitative estimate of drug-likeness (QED) is 0.703. The number of hydrogen-bond acceptors (Lipinski definition) is 2. The summed E-state index contributed by atoms with van der Waals surface area (Å²) >= 11 is 0. The SMILES string of the molecule is CC(F)(F)C(F)(F)C1CC2CC1C1OC3(CCCCC3)OC21. The molecule has 5 unspecified atom stereocenters. The molecule has 0 aromatic carbocycles. The molecule has 0 aromatic rings. The Balaban J connectivity index is 1.55. The molecule has 1 spiro atoms. The van der Waals surface area contributed by atoms with E-state index in [1.54, 1.807) is 0 Å². The standard InChI is InChI=1S/C16H22F4O2/c1-14(17,18)16(19,20)11-8-9-7-10(11)13-12(9)21-15(22-13)5-3-2-4-6-15/h9-13H,2-8H2,1H3. The fourth-order valence-electron chi connectivity index (χ4n) is 5.16. The number of ether oxygens (including phenoxy) is 2. The fourth-order valence-corrected chi connectivity index (χ4v) is 5.16. The summed E-state index contributed by atoms with van der Waals surface area (Å²) in [7, 11) is 0. The Morgan fingerprint density at radius 2 is 1.55 bits per heavy atom. The van der Waals surface area contributed by atoms with Crippen LogP contribution in [0.5, 0.6) is 0 Å². The lowest BCUT2D eigenvalue weighted by atomic mass is 9.79. The average Bonchev–Trinajstić information content (AvgIpc) is 3.07. The molecule has 22 heavy (non-hydrogen) atoms. The van der Waals surface area contributed by atoms with E-state index >= 15 is 0 Å². The van der Waals surface area contributed by atoms with Crippen molar-refractivity contribution in [1.82, 2.24) is 0 Å². The van der Waals surface area contributed by atoms with E-state index in [1.807, 2.05) is 0 Å². The minimum atomic E-state index is -3.99.